The largest absolute Gasteiger partial charge is 0.354 e. The number of anilines is 1. The van der Waals surface area contributed by atoms with E-state index in [-0.39, 0.29) is 17.6 Å². The predicted molar refractivity (Wildman–Crippen MR) is 107 cm³/mol. The van der Waals surface area contributed by atoms with Gasteiger partial charge in [-0.2, -0.15) is 5.10 Å². The third-order valence-electron chi connectivity index (χ3n) is 5.95. The van der Waals surface area contributed by atoms with Gasteiger partial charge in [0.15, 0.2) is 5.82 Å². The number of fused-ring (bicyclic) bond motifs is 3. The molecule has 5 rings (SSSR count). The first-order valence-electron chi connectivity index (χ1n) is 10.1. The third kappa shape index (κ3) is 3.40. The summed E-state index contributed by atoms with van der Waals surface area (Å²) in [5.74, 6) is 2.18. The van der Waals surface area contributed by atoms with Gasteiger partial charge in [0.05, 0.1) is 5.69 Å². The van der Waals surface area contributed by atoms with Gasteiger partial charge in [0.2, 0.25) is 5.82 Å². The van der Waals surface area contributed by atoms with Crippen LogP contribution in [0.25, 0.3) is 0 Å². The van der Waals surface area contributed by atoms with Gasteiger partial charge in [0, 0.05) is 32.1 Å². The highest BCUT2D eigenvalue weighted by Crippen LogP contribution is 2.39. The molecule has 0 spiro atoms. The Bertz CT molecular complexity index is 1060. The number of hydrogen-bond acceptors (Lipinski definition) is 6. The highest BCUT2D eigenvalue weighted by atomic mass is 19.1. The van der Waals surface area contributed by atoms with Crippen LogP contribution in [0.2, 0.25) is 0 Å². The van der Waals surface area contributed by atoms with E-state index in [1.54, 1.807) is 12.1 Å². The van der Waals surface area contributed by atoms with Crippen molar-refractivity contribution in [3.8, 4) is 0 Å². The molecular formula is C21H22FN7O. The van der Waals surface area contributed by atoms with E-state index in [1.807, 2.05) is 23.6 Å². The summed E-state index contributed by atoms with van der Waals surface area (Å²) in [6.45, 7) is 4.65. The molecule has 9 heteroatoms. The first-order chi connectivity index (χ1) is 14.6. The second-order valence-electron chi connectivity index (χ2n) is 7.94. The van der Waals surface area contributed by atoms with Crippen LogP contribution >= 0.6 is 0 Å². The molecule has 0 aliphatic carbocycles. The molecule has 2 aliphatic heterocycles. The van der Waals surface area contributed by atoms with Crippen molar-refractivity contribution >= 4 is 11.7 Å². The maximum atomic E-state index is 13.0. The second kappa shape index (κ2) is 7.47. The van der Waals surface area contributed by atoms with Crippen LogP contribution in [-0.4, -0.2) is 44.0 Å². The number of hydrogen-bond donors (Lipinski definition) is 1. The minimum atomic E-state index is -0.298. The number of nitrogens with zero attached hydrogens (tertiary/aromatic N) is 6. The second-order valence-corrected chi connectivity index (χ2v) is 7.94. The zero-order valence-corrected chi connectivity index (χ0v) is 16.6. The van der Waals surface area contributed by atoms with Crippen LogP contribution in [0.5, 0.6) is 0 Å². The molecule has 30 heavy (non-hydrogen) atoms. The Morgan fingerprint density at radius 1 is 1.10 bits per heavy atom. The molecule has 1 fully saturated rings. The van der Waals surface area contributed by atoms with Crippen molar-refractivity contribution in [1.29, 1.82) is 0 Å². The number of rotatable bonds is 4. The van der Waals surface area contributed by atoms with Crippen LogP contribution in [-0.2, 0) is 13.1 Å². The molecule has 0 unspecified atom stereocenters. The van der Waals surface area contributed by atoms with Crippen molar-refractivity contribution in [2.24, 2.45) is 5.92 Å². The van der Waals surface area contributed by atoms with Crippen molar-refractivity contribution in [2.75, 3.05) is 18.0 Å². The van der Waals surface area contributed by atoms with Gasteiger partial charge in [-0.1, -0.05) is 12.1 Å². The molecule has 8 nitrogen and oxygen atoms in total. The van der Waals surface area contributed by atoms with E-state index >= 15 is 0 Å². The van der Waals surface area contributed by atoms with Gasteiger partial charge in [-0.15, -0.1) is 15.3 Å². The number of amides is 1. The standard InChI is InChI=1S/C21H22FN7O/c1-13-2-7-18(25-24-13)28-11-15-8-9-29-19(17(15)12-28)26-27-20(29)21(30)23-10-14-3-5-16(22)6-4-14/h2-7,15,17H,8-12H2,1H3,(H,23,30)/t15-,17+/m0/s1. The molecule has 4 heterocycles. The fourth-order valence-corrected chi connectivity index (χ4v) is 4.34. The zero-order valence-electron chi connectivity index (χ0n) is 16.6. The molecule has 0 saturated carbocycles. The van der Waals surface area contributed by atoms with Crippen LogP contribution in [0.3, 0.4) is 0 Å². The lowest BCUT2D eigenvalue weighted by molar-refractivity contribution is 0.0933. The van der Waals surface area contributed by atoms with Crippen molar-refractivity contribution in [2.45, 2.75) is 32.4 Å². The number of carbonyl (C=O) groups is 1. The van der Waals surface area contributed by atoms with Gasteiger partial charge in [-0.3, -0.25) is 4.79 Å². The van der Waals surface area contributed by atoms with Crippen LogP contribution in [0.15, 0.2) is 36.4 Å². The quantitative estimate of drug-likeness (QED) is 0.712. The van der Waals surface area contributed by atoms with Crippen LogP contribution in [0, 0.1) is 18.7 Å². The maximum Gasteiger partial charge on any atom is 0.289 e. The highest BCUT2D eigenvalue weighted by Gasteiger charge is 2.41. The molecule has 3 aromatic rings. The van der Waals surface area contributed by atoms with Crippen molar-refractivity contribution < 1.29 is 9.18 Å². The zero-order chi connectivity index (χ0) is 20.7. The average molecular weight is 407 g/mol. The molecule has 1 amide bonds. The third-order valence-corrected chi connectivity index (χ3v) is 5.95. The molecule has 0 bridgehead atoms. The van der Waals surface area contributed by atoms with Crippen molar-refractivity contribution in [3.05, 3.63) is 65.1 Å². The fraction of sp³-hybridized carbons (Fsp3) is 0.381. The van der Waals surface area contributed by atoms with E-state index in [2.05, 4.69) is 30.6 Å². The Kier molecular flexibility index (Phi) is 4.65. The number of benzene rings is 1. The van der Waals surface area contributed by atoms with E-state index in [4.69, 9.17) is 0 Å². The summed E-state index contributed by atoms with van der Waals surface area (Å²) in [6, 6.07) is 10.0. The fourth-order valence-electron chi connectivity index (χ4n) is 4.34. The molecule has 154 valence electrons. The number of aryl methyl sites for hydroxylation is 1. The maximum absolute atomic E-state index is 13.0. The first-order valence-corrected chi connectivity index (χ1v) is 10.1. The predicted octanol–water partition coefficient (Wildman–Crippen LogP) is 2.07. The number of nitrogens with one attached hydrogen (secondary N) is 1. The summed E-state index contributed by atoms with van der Waals surface area (Å²) in [6.07, 6.45) is 0.962. The van der Waals surface area contributed by atoms with E-state index in [1.165, 1.54) is 12.1 Å². The Morgan fingerprint density at radius 3 is 2.70 bits per heavy atom. The molecule has 2 aromatic heterocycles. The smallest absolute Gasteiger partial charge is 0.289 e. The van der Waals surface area contributed by atoms with E-state index < -0.39 is 0 Å². The summed E-state index contributed by atoms with van der Waals surface area (Å²) in [5, 5.41) is 19.9. The minimum Gasteiger partial charge on any atom is -0.354 e. The molecule has 2 atom stereocenters. The molecule has 1 N–H and O–H groups in total. The SMILES string of the molecule is Cc1ccc(N2C[C@@H]3CCn4c(C(=O)NCc5ccc(F)cc5)nnc4[C@@H]3C2)nn1. The Balaban J connectivity index is 1.30. The molecule has 1 saturated heterocycles. The van der Waals surface area contributed by atoms with Gasteiger partial charge in [-0.05, 0) is 49.1 Å². The van der Waals surface area contributed by atoms with E-state index in [0.29, 0.717) is 18.3 Å². The van der Waals surface area contributed by atoms with Crippen LogP contribution in [0.4, 0.5) is 10.2 Å². The monoisotopic (exact) mass is 407 g/mol. The summed E-state index contributed by atoms with van der Waals surface area (Å²) in [5.41, 5.74) is 1.72. The van der Waals surface area contributed by atoms with Gasteiger partial charge in [-0.25, -0.2) is 4.39 Å². The Morgan fingerprint density at radius 2 is 1.93 bits per heavy atom. The lowest BCUT2D eigenvalue weighted by Gasteiger charge is -2.24. The molecule has 0 radical (unpaired) electrons. The number of aromatic nitrogens is 5. The average Bonchev–Trinajstić information content (AvgIpc) is 3.37. The van der Waals surface area contributed by atoms with Crippen LogP contribution in [0.1, 0.15) is 40.0 Å². The number of carbonyl (C=O) groups excluding carboxylic acids is 1. The Hall–Kier alpha value is -3.36. The molecule has 1 aromatic carbocycles. The summed E-state index contributed by atoms with van der Waals surface area (Å²) >= 11 is 0. The first kappa shape index (κ1) is 18.7. The summed E-state index contributed by atoms with van der Waals surface area (Å²) < 4.78 is 15.0. The van der Waals surface area contributed by atoms with Crippen LogP contribution < -0.4 is 10.2 Å². The lowest BCUT2D eigenvalue weighted by Crippen LogP contribution is -2.30. The van der Waals surface area contributed by atoms with Crippen molar-refractivity contribution in [3.63, 3.8) is 0 Å². The Labute approximate surface area is 173 Å². The normalized spacial score (nSPS) is 20.0. The highest BCUT2D eigenvalue weighted by molar-refractivity contribution is 5.90. The van der Waals surface area contributed by atoms with E-state index in [0.717, 1.165) is 49.0 Å². The van der Waals surface area contributed by atoms with Gasteiger partial charge in [0.1, 0.15) is 11.6 Å². The van der Waals surface area contributed by atoms with Gasteiger partial charge in [0.25, 0.3) is 5.91 Å². The summed E-state index contributed by atoms with van der Waals surface area (Å²) in [7, 11) is 0. The topological polar surface area (TPSA) is 88.8 Å². The van der Waals surface area contributed by atoms with Crippen molar-refractivity contribution in [1.82, 2.24) is 30.3 Å². The van der Waals surface area contributed by atoms with E-state index in [9.17, 15) is 9.18 Å². The molecule has 2 aliphatic rings. The van der Waals surface area contributed by atoms with Gasteiger partial charge < -0.3 is 14.8 Å². The molecular weight excluding hydrogens is 385 g/mol. The summed E-state index contributed by atoms with van der Waals surface area (Å²) in [4.78, 5) is 14.9. The van der Waals surface area contributed by atoms with Gasteiger partial charge >= 0.3 is 0 Å². The minimum absolute atomic E-state index is 0.216. The number of halogens is 1. The lowest BCUT2D eigenvalue weighted by atomic mass is 9.89.